The smallest absolute Gasteiger partial charge is 0.328 e. The van der Waals surface area contributed by atoms with Crippen LogP contribution >= 0.6 is 0 Å². The average molecular weight is 320 g/mol. The van der Waals surface area contributed by atoms with Crippen molar-refractivity contribution < 1.29 is 23.9 Å². The maximum atomic E-state index is 12.6. The molecule has 1 fully saturated rings. The maximum Gasteiger partial charge on any atom is 0.328 e. The molecule has 0 spiro atoms. The fourth-order valence-corrected chi connectivity index (χ4v) is 2.62. The Balaban J connectivity index is 2.17. The lowest BCUT2D eigenvalue weighted by Gasteiger charge is -2.22. The number of hydrogen-bond acceptors (Lipinski definition) is 5. The zero-order valence-electron chi connectivity index (χ0n) is 13.4. The van der Waals surface area contributed by atoms with Gasteiger partial charge in [-0.2, -0.15) is 0 Å². The van der Waals surface area contributed by atoms with Gasteiger partial charge in [-0.15, -0.1) is 0 Å². The van der Waals surface area contributed by atoms with E-state index in [1.54, 1.807) is 31.4 Å². The molecule has 2 atom stereocenters. The lowest BCUT2D eigenvalue weighted by atomic mass is 10.1. The van der Waals surface area contributed by atoms with Crippen LogP contribution < -0.4 is 5.32 Å². The highest BCUT2D eigenvalue weighted by molar-refractivity contribution is 5.98. The van der Waals surface area contributed by atoms with Gasteiger partial charge in [-0.3, -0.25) is 9.59 Å². The number of nitrogens with one attached hydrogen (secondary N) is 1. The second-order valence-corrected chi connectivity index (χ2v) is 5.35. The Morgan fingerprint density at radius 3 is 2.35 bits per heavy atom. The molecule has 2 rings (SSSR count). The van der Waals surface area contributed by atoms with Crippen LogP contribution in [0.15, 0.2) is 24.3 Å². The Labute approximate surface area is 134 Å². The quantitative estimate of drug-likeness (QED) is 0.838. The summed E-state index contributed by atoms with van der Waals surface area (Å²) >= 11 is 0. The Morgan fingerprint density at radius 1 is 1.17 bits per heavy atom. The van der Waals surface area contributed by atoms with Crippen LogP contribution in [0.4, 0.5) is 5.69 Å². The molecule has 7 nitrogen and oxygen atoms in total. The number of carbonyl (C=O) groups is 3. The molecule has 1 aliphatic heterocycles. The van der Waals surface area contributed by atoms with Crippen LogP contribution in [0.2, 0.25) is 0 Å². The van der Waals surface area contributed by atoms with Crippen molar-refractivity contribution in [3.05, 3.63) is 29.8 Å². The van der Waals surface area contributed by atoms with Crippen molar-refractivity contribution in [1.29, 1.82) is 0 Å². The number of benzene rings is 1. The standard InChI is InChI=1S/C16H20N2O5/c1-10(19)17-12-6-4-11(5-7-12)15(20)18-9-13(22-2)8-14(18)16(21)23-3/h4-7,13-14H,8-9H2,1-3H3,(H,17,19)/t13-,14+/m0/s1. The summed E-state index contributed by atoms with van der Waals surface area (Å²) in [7, 11) is 2.85. The number of methoxy groups -OCH3 is 2. The SMILES string of the molecule is COC(=O)[C@H]1C[C@H](OC)CN1C(=O)c1ccc(NC(C)=O)cc1. The molecule has 0 aliphatic carbocycles. The zero-order chi connectivity index (χ0) is 17.0. The fraction of sp³-hybridized carbons (Fsp3) is 0.438. The highest BCUT2D eigenvalue weighted by atomic mass is 16.5. The number of rotatable bonds is 4. The van der Waals surface area contributed by atoms with Crippen LogP contribution in [-0.2, 0) is 19.1 Å². The van der Waals surface area contributed by atoms with Gasteiger partial charge in [0, 0.05) is 38.2 Å². The van der Waals surface area contributed by atoms with Gasteiger partial charge in [0.15, 0.2) is 0 Å². The van der Waals surface area contributed by atoms with Crippen LogP contribution in [0.25, 0.3) is 0 Å². The summed E-state index contributed by atoms with van der Waals surface area (Å²) in [6.07, 6.45) is 0.223. The molecular weight excluding hydrogens is 300 g/mol. The number of esters is 1. The van der Waals surface area contributed by atoms with E-state index >= 15 is 0 Å². The van der Waals surface area contributed by atoms with E-state index < -0.39 is 12.0 Å². The summed E-state index contributed by atoms with van der Waals surface area (Å²) in [6, 6.07) is 5.87. The van der Waals surface area contributed by atoms with Crippen LogP contribution in [0, 0.1) is 0 Å². The van der Waals surface area contributed by atoms with E-state index in [-0.39, 0.29) is 17.9 Å². The van der Waals surface area contributed by atoms with E-state index in [1.165, 1.54) is 18.9 Å². The molecular formula is C16H20N2O5. The third-order valence-corrected chi connectivity index (χ3v) is 3.78. The second kappa shape index (κ2) is 7.23. The van der Waals surface area contributed by atoms with Crippen molar-refractivity contribution in [1.82, 2.24) is 4.90 Å². The van der Waals surface area contributed by atoms with Crippen molar-refractivity contribution in [2.24, 2.45) is 0 Å². The van der Waals surface area contributed by atoms with Gasteiger partial charge in [-0.25, -0.2) is 4.79 Å². The Morgan fingerprint density at radius 2 is 1.83 bits per heavy atom. The third-order valence-electron chi connectivity index (χ3n) is 3.78. The summed E-state index contributed by atoms with van der Waals surface area (Å²) in [4.78, 5) is 37.0. The van der Waals surface area contributed by atoms with Crippen LogP contribution in [0.1, 0.15) is 23.7 Å². The van der Waals surface area contributed by atoms with E-state index in [0.29, 0.717) is 24.2 Å². The fourth-order valence-electron chi connectivity index (χ4n) is 2.62. The minimum atomic E-state index is -0.646. The lowest BCUT2D eigenvalue weighted by molar-refractivity contribution is -0.145. The number of carbonyl (C=O) groups excluding carboxylic acids is 3. The molecule has 1 aromatic rings. The molecule has 1 aliphatic rings. The van der Waals surface area contributed by atoms with Gasteiger partial charge in [-0.05, 0) is 24.3 Å². The minimum Gasteiger partial charge on any atom is -0.467 e. The van der Waals surface area contributed by atoms with E-state index in [2.05, 4.69) is 5.32 Å². The summed E-state index contributed by atoms with van der Waals surface area (Å²) < 4.78 is 10.0. The predicted octanol–water partition coefficient (Wildman–Crippen LogP) is 1.05. The van der Waals surface area contributed by atoms with Crippen LogP contribution in [0.5, 0.6) is 0 Å². The lowest BCUT2D eigenvalue weighted by Crippen LogP contribution is -2.41. The average Bonchev–Trinajstić information content (AvgIpc) is 2.98. The van der Waals surface area contributed by atoms with E-state index in [1.807, 2.05) is 0 Å². The number of anilines is 1. The first-order valence-electron chi connectivity index (χ1n) is 7.25. The number of amides is 2. The van der Waals surface area contributed by atoms with Crippen molar-refractivity contribution in [3.63, 3.8) is 0 Å². The first-order chi connectivity index (χ1) is 11.0. The molecule has 0 unspecified atom stereocenters. The predicted molar refractivity (Wildman–Crippen MR) is 83.0 cm³/mol. The third kappa shape index (κ3) is 3.87. The summed E-state index contributed by atoms with van der Waals surface area (Å²) in [6.45, 7) is 1.75. The molecule has 7 heteroatoms. The van der Waals surface area contributed by atoms with Gasteiger partial charge >= 0.3 is 5.97 Å². The summed E-state index contributed by atoms with van der Waals surface area (Å²) in [5.41, 5.74) is 1.04. The van der Waals surface area contributed by atoms with Gasteiger partial charge < -0.3 is 19.7 Å². The van der Waals surface area contributed by atoms with Crippen molar-refractivity contribution in [2.75, 3.05) is 26.1 Å². The summed E-state index contributed by atoms with van der Waals surface area (Å²) in [5.74, 6) is -0.903. The molecule has 0 bridgehead atoms. The number of hydrogen-bond donors (Lipinski definition) is 1. The molecule has 1 N–H and O–H groups in total. The van der Waals surface area contributed by atoms with Crippen LogP contribution in [0.3, 0.4) is 0 Å². The molecule has 0 aromatic heterocycles. The highest BCUT2D eigenvalue weighted by Crippen LogP contribution is 2.24. The van der Waals surface area contributed by atoms with E-state index in [4.69, 9.17) is 9.47 Å². The van der Waals surface area contributed by atoms with Gasteiger partial charge in [0.05, 0.1) is 13.2 Å². The first-order valence-corrected chi connectivity index (χ1v) is 7.25. The number of nitrogens with zero attached hydrogens (tertiary/aromatic N) is 1. The Hall–Kier alpha value is -2.41. The van der Waals surface area contributed by atoms with Gasteiger partial charge in [-0.1, -0.05) is 0 Å². The van der Waals surface area contributed by atoms with Crippen LogP contribution in [-0.4, -0.2) is 55.6 Å². The van der Waals surface area contributed by atoms with Gasteiger partial charge in [0.1, 0.15) is 6.04 Å². The number of likely N-dealkylation sites (tertiary alicyclic amines) is 1. The highest BCUT2D eigenvalue weighted by Gasteiger charge is 2.40. The van der Waals surface area contributed by atoms with Gasteiger partial charge in [0.25, 0.3) is 5.91 Å². The molecule has 23 heavy (non-hydrogen) atoms. The molecule has 1 aromatic carbocycles. The van der Waals surface area contributed by atoms with E-state index in [0.717, 1.165) is 0 Å². The molecule has 0 saturated carbocycles. The normalized spacial score (nSPS) is 20.2. The molecule has 1 saturated heterocycles. The molecule has 1 heterocycles. The Bertz CT molecular complexity index is 599. The zero-order valence-corrected chi connectivity index (χ0v) is 13.4. The Kier molecular flexibility index (Phi) is 5.33. The maximum absolute atomic E-state index is 12.6. The van der Waals surface area contributed by atoms with Gasteiger partial charge in [0.2, 0.25) is 5.91 Å². The second-order valence-electron chi connectivity index (χ2n) is 5.35. The van der Waals surface area contributed by atoms with Crippen molar-refractivity contribution in [3.8, 4) is 0 Å². The number of ether oxygens (including phenoxy) is 2. The topological polar surface area (TPSA) is 84.9 Å². The largest absolute Gasteiger partial charge is 0.467 e. The minimum absolute atomic E-state index is 0.183. The molecule has 124 valence electrons. The van der Waals surface area contributed by atoms with E-state index in [9.17, 15) is 14.4 Å². The first kappa shape index (κ1) is 17.0. The van der Waals surface area contributed by atoms with Crippen molar-refractivity contribution >= 4 is 23.5 Å². The van der Waals surface area contributed by atoms with Crippen molar-refractivity contribution in [2.45, 2.75) is 25.5 Å². The monoisotopic (exact) mass is 320 g/mol. The molecule has 2 amide bonds. The molecule has 0 radical (unpaired) electrons. The summed E-state index contributed by atoms with van der Waals surface area (Å²) in [5, 5.41) is 2.63.